The van der Waals surface area contributed by atoms with E-state index in [1.165, 1.54) is 7.11 Å². The van der Waals surface area contributed by atoms with Crippen molar-refractivity contribution in [1.29, 1.82) is 0 Å². The zero-order valence-corrected chi connectivity index (χ0v) is 13.1. The van der Waals surface area contributed by atoms with E-state index in [1.54, 1.807) is 11.9 Å². The molecule has 0 saturated heterocycles. The SMILES string of the molecule is COC(=O)NCC(=O)N(C)C1c2ccccc2-c2ccccc21. The maximum absolute atomic E-state index is 12.4. The molecule has 0 bridgehead atoms. The van der Waals surface area contributed by atoms with Crippen LogP contribution in [-0.2, 0) is 9.53 Å². The van der Waals surface area contributed by atoms with Gasteiger partial charge in [0, 0.05) is 7.05 Å². The molecule has 0 aromatic heterocycles. The number of likely N-dealkylation sites (N-methyl/N-ethyl adjacent to an activating group) is 1. The fourth-order valence-electron chi connectivity index (χ4n) is 3.03. The van der Waals surface area contributed by atoms with Crippen molar-refractivity contribution in [2.24, 2.45) is 0 Å². The summed E-state index contributed by atoms with van der Waals surface area (Å²) < 4.78 is 4.50. The lowest BCUT2D eigenvalue weighted by Gasteiger charge is -2.26. The number of methoxy groups -OCH3 is 1. The lowest BCUT2D eigenvalue weighted by molar-refractivity contribution is -0.130. The van der Waals surface area contributed by atoms with Crippen molar-refractivity contribution < 1.29 is 14.3 Å². The van der Waals surface area contributed by atoms with Gasteiger partial charge in [-0.1, -0.05) is 48.5 Å². The third kappa shape index (κ3) is 2.65. The maximum Gasteiger partial charge on any atom is 0.407 e. The molecule has 2 aromatic rings. The highest BCUT2D eigenvalue weighted by atomic mass is 16.5. The van der Waals surface area contributed by atoms with Crippen LogP contribution in [0.25, 0.3) is 11.1 Å². The number of carbonyl (C=O) groups excluding carboxylic acids is 2. The zero-order valence-electron chi connectivity index (χ0n) is 13.1. The normalized spacial score (nSPS) is 12.3. The predicted octanol–water partition coefficient (Wildman–Crippen LogP) is 2.57. The third-order valence-corrected chi connectivity index (χ3v) is 4.15. The van der Waals surface area contributed by atoms with E-state index in [0.717, 1.165) is 22.3 Å². The molecule has 3 rings (SSSR count). The fourth-order valence-corrected chi connectivity index (χ4v) is 3.03. The van der Waals surface area contributed by atoms with Gasteiger partial charge in [-0.25, -0.2) is 4.79 Å². The van der Waals surface area contributed by atoms with Crippen molar-refractivity contribution >= 4 is 12.0 Å². The van der Waals surface area contributed by atoms with Gasteiger partial charge in [0.05, 0.1) is 13.2 Å². The number of rotatable bonds is 3. The smallest absolute Gasteiger partial charge is 0.407 e. The molecule has 0 radical (unpaired) electrons. The summed E-state index contributed by atoms with van der Waals surface area (Å²) in [6.45, 7) is -0.0932. The number of alkyl carbamates (subject to hydrolysis) is 1. The van der Waals surface area contributed by atoms with Crippen LogP contribution in [0.15, 0.2) is 48.5 Å². The first-order chi connectivity index (χ1) is 11.1. The molecule has 2 amide bonds. The van der Waals surface area contributed by atoms with Crippen molar-refractivity contribution in [2.75, 3.05) is 20.7 Å². The van der Waals surface area contributed by atoms with Crippen LogP contribution >= 0.6 is 0 Å². The molecule has 0 fully saturated rings. The number of hydrogen-bond acceptors (Lipinski definition) is 3. The third-order valence-electron chi connectivity index (χ3n) is 4.15. The van der Waals surface area contributed by atoms with E-state index in [1.807, 2.05) is 36.4 Å². The van der Waals surface area contributed by atoms with Crippen molar-refractivity contribution in [3.05, 3.63) is 59.7 Å². The summed E-state index contributed by atoms with van der Waals surface area (Å²) >= 11 is 0. The maximum atomic E-state index is 12.4. The molecule has 5 heteroatoms. The highest BCUT2D eigenvalue weighted by Gasteiger charge is 2.32. The summed E-state index contributed by atoms with van der Waals surface area (Å²) in [6, 6.07) is 16.0. The number of ether oxygens (including phenoxy) is 1. The molecule has 1 aliphatic carbocycles. The summed E-state index contributed by atoms with van der Waals surface area (Å²) in [5.74, 6) is -0.174. The first kappa shape index (κ1) is 15.1. The van der Waals surface area contributed by atoms with Crippen LogP contribution in [0.4, 0.5) is 4.79 Å². The van der Waals surface area contributed by atoms with Gasteiger partial charge in [0.15, 0.2) is 0 Å². The first-order valence-electron chi connectivity index (χ1n) is 7.39. The molecule has 5 nitrogen and oxygen atoms in total. The number of nitrogens with one attached hydrogen (secondary N) is 1. The second kappa shape index (κ2) is 6.12. The fraction of sp³-hybridized carbons (Fsp3) is 0.222. The molecule has 2 aromatic carbocycles. The first-order valence-corrected chi connectivity index (χ1v) is 7.39. The Morgan fingerprint density at radius 2 is 1.57 bits per heavy atom. The van der Waals surface area contributed by atoms with Crippen LogP contribution < -0.4 is 5.32 Å². The van der Waals surface area contributed by atoms with Gasteiger partial charge in [0.25, 0.3) is 0 Å². The lowest BCUT2D eigenvalue weighted by atomic mass is 10.0. The Morgan fingerprint density at radius 1 is 1.04 bits per heavy atom. The van der Waals surface area contributed by atoms with Crippen LogP contribution in [0.2, 0.25) is 0 Å². The number of amides is 2. The molecular formula is C18H18N2O3. The zero-order chi connectivity index (χ0) is 16.4. The minimum atomic E-state index is -0.612. The minimum absolute atomic E-state index is 0.0932. The summed E-state index contributed by atoms with van der Waals surface area (Å²) in [5.41, 5.74) is 4.49. The van der Waals surface area contributed by atoms with Crippen LogP contribution in [0, 0.1) is 0 Å². The van der Waals surface area contributed by atoms with E-state index in [2.05, 4.69) is 22.2 Å². The van der Waals surface area contributed by atoms with Gasteiger partial charge in [-0.15, -0.1) is 0 Å². The summed E-state index contributed by atoms with van der Waals surface area (Å²) in [6.07, 6.45) is -0.612. The number of fused-ring (bicyclic) bond motifs is 3. The average Bonchev–Trinajstić information content (AvgIpc) is 2.93. The van der Waals surface area contributed by atoms with E-state index in [4.69, 9.17) is 0 Å². The highest BCUT2D eigenvalue weighted by Crippen LogP contribution is 2.45. The topological polar surface area (TPSA) is 58.6 Å². The van der Waals surface area contributed by atoms with Gasteiger partial charge in [-0.2, -0.15) is 0 Å². The standard InChI is InChI=1S/C18H18N2O3/c1-20(16(21)11-19-18(22)23-2)17-14-9-5-3-7-12(14)13-8-4-6-10-15(13)17/h3-10,17H,11H2,1-2H3,(H,19,22). The van der Waals surface area contributed by atoms with E-state index < -0.39 is 6.09 Å². The van der Waals surface area contributed by atoms with Crippen LogP contribution in [0.3, 0.4) is 0 Å². The Balaban J connectivity index is 1.90. The van der Waals surface area contributed by atoms with E-state index in [-0.39, 0.29) is 18.5 Å². The van der Waals surface area contributed by atoms with Gasteiger partial charge in [-0.3, -0.25) is 4.79 Å². The monoisotopic (exact) mass is 310 g/mol. The van der Waals surface area contributed by atoms with Crippen molar-refractivity contribution in [3.8, 4) is 11.1 Å². The van der Waals surface area contributed by atoms with Gasteiger partial charge in [0.2, 0.25) is 5.91 Å². The summed E-state index contributed by atoms with van der Waals surface area (Å²) in [5, 5.41) is 2.43. The number of carbonyl (C=O) groups is 2. The van der Waals surface area contributed by atoms with Crippen molar-refractivity contribution in [1.82, 2.24) is 10.2 Å². The summed E-state index contributed by atoms with van der Waals surface area (Å²) in [4.78, 5) is 25.2. The number of benzene rings is 2. The molecule has 0 unspecified atom stereocenters. The van der Waals surface area contributed by atoms with Gasteiger partial charge < -0.3 is 15.0 Å². The van der Waals surface area contributed by atoms with Gasteiger partial charge >= 0.3 is 6.09 Å². The van der Waals surface area contributed by atoms with Gasteiger partial charge in [0.1, 0.15) is 6.54 Å². The molecule has 0 aliphatic heterocycles. The average molecular weight is 310 g/mol. The Bertz CT molecular complexity index is 712. The Hall–Kier alpha value is -2.82. The molecule has 0 saturated carbocycles. The van der Waals surface area contributed by atoms with Crippen LogP contribution in [-0.4, -0.2) is 37.6 Å². The minimum Gasteiger partial charge on any atom is -0.453 e. The van der Waals surface area contributed by atoms with E-state index >= 15 is 0 Å². The second-order valence-electron chi connectivity index (χ2n) is 5.43. The second-order valence-corrected chi connectivity index (χ2v) is 5.43. The van der Waals surface area contributed by atoms with Crippen LogP contribution in [0.5, 0.6) is 0 Å². The Labute approximate surface area is 134 Å². The molecule has 1 aliphatic rings. The molecule has 1 N–H and O–H groups in total. The number of nitrogens with zero attached hydrogens (tertiary/aromatic N) is 1. The van der Waals surface area contributed by atoms with E-state index in [9.17, 15) is 9.59 Å². The molecular weight excluding hydrogens is 292 g/mol. The summed E-state index contributed by atoms with van der Waals surface area (Å²) in [7, 11) is 3.03. The highest BCUT2D eigenvalue weighted by molar-refractivity contribution is 5.85. The molecule has 0 spiro atoms. The molecule has 0 heterocycles. The van der Waals surface area contributed by atoms with Crippen LogP contribution in [0.1, 0.15) is 17.2 Å². The molecule has 118 valence electrons. The largest absolute Gasteiger partial charge is 0.453 e. The lowest BCUT2D eigenvalue weighted by Crippen LogP contribution is -2.39. The molecule has 0 atom stereocenters. The van der Waals surface area contributed by atoms with Gasteiger partial charge in [-0.05, 0) is 22.3 Å². The van der Waals surface area contributed by atoms with E-state index in [0.29, 0.717) is 0 Å². The quantitative estimate of drug-likeness (QED) is 0.948. The van der Waals surface area contributed by atoms with Crippen molar-refractivity contribution in [2.45, 2.75) is 6.04 Å². The number of hydrogen-bond donors (Lipinski definition) is 1. The predicted molar refractivity (Wildman–Crippen MR) is 86.9 cm³/mol. The molecule has 23 heavy (non-hydrogen) atoms. The Morgan fingerprint density at radius 3 is 2.09 bits per heavy atom. The Kier molecular flexibility index (Phi) is 4.02. The van der Waals surface area contributed by atoms with Crippen molar-refractivity contribution in [3.63, 3.8) is 0 Å².